The van der Waals surface area contributed by atoms with Crippen molar-refractivity contribution in [2.24, 2.45) is 17.7 Å². The summed E-state index contributed by atoms with van der Waals surface area (Å²) in [5, 5.41) is 4.23. The van der Waals surface area contributed by atoms with Gasteiger partial charge in [0.25, 0.3) is 0 Å². The smallest absolute Gasteiger partial charge is 0.248 e. The van der Waals surface area contributed by atoms with Crippen LogP contribution in [0.4, 0.5) is 8.78 Å². The SMILES string of the molecule is CC(C)Cn1ncnc1CC(NN)C1CCC(F)(F)CC1. The highest BCUT2D eigenvalue weighted by molar-refractivity contribution is 4.94. The molecule has 0 saturated heterocycles. The topological polar surface area (TPSA) is 68.8 Å². The quantitative estimate of drug-likeness (QED) is 0.624. The molecule has 0 radical (unpaired) electrons. The number of aromatic nitrogens is 3. The van der Waals surface area contributed by atoms with Gasteiger partial charge in [0.15, 0.2) is 0 Å². The van der Waals surface area contributed by atoms with Crippen LogP contribution < -0.4 is 11.3 Å². The fourth-order valence-corrected chi connectivity index (χ4v) is 2.97. The summed E-state index contributed by atoms with van der Waals surface area (Å²) >= 11 is 0. The van der Waals surface area contributed by atoms with Crippen LogP contribution in [-0.2, 0) is 13.0 Å². The van der Waals surface area contributed by atoms with E-state index < -0.39 is 5.92 Å². The van der Waals surface area contributed by atoms with Crippen molar-refractivity contribution in [1.82, 2.24) is 20.2 Å². The van der Waals surface area contributed by atoms with E-state index in [0.717, 1.165) is 12.4 Å². The second-order valence-electron chi connectivity index (χ2n) is 6.42. The maximum absolute atomic E-state index is 13.3. The first-order chi connectivity index (χ1) is 9.91. The number of hydrogen-bond acceptors (Lipinski definition) is 4. The highest BCUT2D eigenvalue weighted by Crippen LogP contribution is 2.37. The summed E-state index contributed by atoms with van der Waals surface area (Å²) in [5.74, 6) is 4.64. The normalized spacial score (nSPS) is 20.9. The molecule has 1 heterocycles. The van der Waals surface area contributed by atoms with E-state index >= 15 is 0 Å². The molecule has 1 fully saturated rings. The fourth-order valence-electron chi connectivity index (χ4n) is 2.97. The van der Waals surface area contributed by atoms with Gasteiger partial charge in [-0.3, -0.25) is 11.3 Å². The molecule has 0 bridgehead atoms. The van der Waals surface area contributed by atoms with Gasteiger partial charge in [-0.2, -0.15) is 5.10 Å². The monoisotopic (exact) mass is 301 g/mol. The Morgan fingerprint density at radius 2 is 2.10 bits per heavy atom. The van der Waals surface area contributed by atoms with Crippen LogP contribution in [0, 0.1) is 11.8 Å². The average Bonchev–Trinajstić information content (AvgIpc) is 2.83. The van der Waals surface area contributed by atoms with Crippen LogP contribution in [0.15, 0.2) is 6.33 Å². The Labute approximate surface area is 124 Å². The summed E-state index contributed by atoms with van der Waals surface area (Å²) in [7, 11) is 0. The number of halogens is 2. The zero-order valence-electron chi connectivity index (χ0n) is 12.7. The molecule has 0 amide bonds. The molecule has 1 unspecified atom stereocenters. The molecule has 5 nitrogen and oxygen atoms in total. The van der Waals surface area contributed by atoms with Crippen molar-refractivity contribution in [3.05, 3.63) is 12.2 Å². The van der Waals surface area contributed by atoms with Gasteiger partial charge in [0.1, 0.15) is 12.2 Å². The minimum absolute atomic E-state index is 0.0313. The Hall–Kier alpha value is -1.08. The Kier molecular flexibility index (Phi) is 5.27. The zero-order chi connectivity index (χ0) is 15.5. The molecule has 1 aliphatic carbocycles. The molecular weight excluding hydrogens is 276 g/mol. The van der Waals surface area contributed by atoms with Gasteiger partial charge in [-0.15, -0.1) is 0 Å². The first-order valence-corrected chi connectivity index (χ1v) is 7.62. The van der Waals surface area contributed by atoms with Crippen molar-refractivity contribution in [2.45, 2.75) is 64.5 Å². The van der Waals surface area contributed by atoms with Gasteiger partial charge in [0, 0.05) is 31.8 Å². The molecule has 0 spiro atoms. The second-order valence-corrected chi connectivity index (χ2v) is 6.42. The molecule has 21 heavy (non-hydrogen) atoms. The van der Waals surface area contributed by atoms with E-state index in [1.165, 1.54) is 0 Å². The maximum atomic E-state index is 13.3. The van der Waals surface area contributed by atoms with Gasteiger partial charge in [-0.1, -0.05) is 13.8 Å². The number of nitrogens with zero attached hydrogens (tertiary/aromatic N) is 3. The highest BCUT2D eigenvalue weighted by atomic mass is 19.3. The summed E-state index contributed by atoms with van der Waals surface area (Å²) in [5.41, 5.74) is 2.79. The van der Waals surface area contributed by atoms with Crippen molar-refractivity contribution in [2.75, 3.05) is 0 Å². The summed E-state index contributed by atoms with van der Waals surface area (Å²) in [4.78, 5) is 4.29. The van der Waals surface area contributed by atoms with Crippen molar-refractivity contribution >= 4 is 0 Å². The zero-order valence-corrected chi connectivity index (χ0v) is 12.7. The van der Waals surface area contributed by atoms with Gasteiger partial charge < -0.3 is 0 Å². The fraction of sp³-hybridized carbons (Fsp3) is 0.857. The van der Waals surface area contributed by atoms with Crippen LogP contribution >= 0.6 is 0 Å². The van der Waals surface area contributed by atoms with Crippen LogP contribution in [0.1, 0.15) is 45.4 Å². The minimum atomic E-state index is -2.51. The molecule has 0 aliphatic heterocycles. The summed E-state index contributed by atoms with van der Waals surface area (Å²) in [6.45, 7) is 5.04. The van der Waals surface area contributed by atoms with Crippen molar-refractivity contribution < 1.29 is 8.78 Å². The lowest BCUT2D eigenvalue weighted by atomic mass is 9.81. The lowest BCUT2D eigenvalue weighted by Crippen LogP contribution is -2.45. The number of hydrazine groups is 1. The number of rotatable bonds is 6. The predicted octanol–water partition coefficient (Wildman–Crippen LogP) is 2.13. The van der Waals surface area contributed by atoms with E-state index in [9.17, 15) is 8.78 Å². The Morgan fingerprint density at radius 1 is 1.43 bits per heavy atom. The number of nitrogens with two attached hydrogens (primary N) is 1. The lowest BCUT2D eigenvalue weighted by molar-refractivity contribution is -0.0496. The molecule has 0 aromatic carbocycles. The van der Waals surface area contributed by atoms with E-state index in [2.05, 4.69) is 29.4 Å². The van der Waals surface area contributed by atoms with E-state index in [-0.39, 0.29) is 24.8 Å². The molecule has 1 saturated carbocycles. The Bertz CT molecular complexity index is 436. The standard InChI is InChI=1S/C14H25F2N5/c1-10(2)8-21-13(18-9-19-21)7-12(20-17)11-3-5-14(15,16)6-4-11/h9-12,20H,3-8,17H2,1-2H3. The van der Waals surface area contributed by atoms with Crippen LogP contribution in [0.2, 0.25) is 0 Å². The maximum Gasteiger partial charge on any atom is 0.248 e. The number of hydrogen-bond donors (Lipinski definition) is 2. The van der Waals surface area contributed by atoms with Crippen molar-refractivity contribution in [3.8, 4) is 0 Å². The van der Waals surface area contributed by atoms with Gasteiger partial charge in [0.05, 0.1) is 0 Å². The Morgan fingerprint density at radius 3 is 2.67 bits per heavy atom. The third-order valence-corrected chi connectivity index (χ3v) is 4.18. The summed E-state index contributed by atoms with van der Waals surface area (Å²) < 4.78 is 28.4. The highest BCUT2D eigenvalue weighted by Gasteiger charge is 2.37. The first-order valence-electron chi connectivity index (χ1n) is 7.62. The molecule has 1 atom stereocenters. The minimum Gasteiger partial charge on any atom is -0.271 e. The lowest BCUT2D eigenvalue weighted by Gasteiger charge is -2.33. The summed E-state index contributed by atoms with van der Waals surface area (Å²) in [6, 6.07) is -0.0313. The van der Waals surface area contributed by atoms with Crippen LogP contribution in [0.5, 0.6) is 0 Å². The molecule has 120 valence electrons. The van der Waals surface area contributed by atoms with Crippen molar-refractivity contribution in [3.63, 3.8) is 0 Å². The molecule has 7 heteroatoms. The largest absolute Gasteiger partial charge is 0.271 e. The van der Waals surface area contributed by atoms with Crippen LogP contribution in [0.3, 0.4) is 0 Å². The van der Waals surface area contributed by atoms with Gasteiger partial charge >= 0.3 is 0 Å². The molecule has 1 aromatic rings. The Balaban J connectivity index is 1.98. The average molecular weight is 301 g/mol. The number of alkyl halides is 2. The molecule has 3 N–H and O–H groups in total. The van der Waals surface area contributed by atoms with E-state index in [4.69, 9.17) is 5.84 Å². The predicted molar refractivity (Wildman–Crippen MR) is 76.6 cm³/mol. The van der Waals surface area contributed by atoms with Crippen LogP contribution in [0.25, 0.3) is 0 Å². The second kappa shape index (κ2) is 6.79. The van der Waals surface area contributed by atoms with Gasteiger partial charge in [-0.25, -0.2) is 18.4 Å². The first kappa shape index (κ1) is 16.3. The van der Waals surface area contributed by atoms with Crippen LogP contribution in [-0.4, -0.2) is 26.7 Å². The van der Waals surface area contributed by atoms with E-state index in [0.29, 0.717) is 25.2 Å². The van der Waals surface area contributed by atoms with Crippen molar-refractivity contribution in [1.29, 1.82) is 0 Å². The third-order valence-electron chi connectivity index (χ3n) is 4.18. The molecule has 2 rings (SSSR count). The van der Waals surface area contributed by atoms with Gasteiger partial charge in [0.2, 0.25) is 5.92 Å². The molecular formula is C14H25F2N5. The van der Waals surface area contributed by atoms with E-state index in [1.807, 2.05) is 4.68 Å². The third kappa shape index (κ3) is 4.44. The molecule has 1 aliphatic rings. The van der Waals surface area contributed by atoms with E-state index in [1.54, 1.807) is 6.33 Å². The van der Waals surface area contributed by atoms with Gasteiger partial charge in [-0.05, 0) is 24.7 Å². The summed E-state index contributed by atoms with van der Waals surface area (Å²) in [6.07, 6.45) is 3.07. The molecule has 1 aromatic heterocycles. The number of nitrogens with one attached hydrogen (secondary N) is 1.